The Kier molecular flexibility index (Phi) is 8.76. The quantitative estimate of drug-likeness (QED) is 0.608. The van der Waals surface area contributed by atoms with Gasteiger partial charge in [0, 0.05) is 6.04 Å². The Labute approximate surface area is 128 Å². The SMILES string of the molecule is CC(CCCC(C)C(=O)O)NCCCCc1ccccc1. The number of aryl methyl sites for hydroxylation is 1. The molecule has 0 aromatic heterocycles. The summed E-state index contributed by atoms with van der Waals surface area (Å²) in [6, 6.07) is 11.1. The molecular weight excluding hydrogens is 262 g/mol. The average Bonchev–Trinajstić information content (AvgIpc) is 2.47. The third-order valence-electron chi connectivity index (χ3n) is 3.92. The highest BCUT2D eigenvalue weighted by atomic mass is 16.4. The number of nitrogens with one attached hydrogen (secondary N) is 1. The first-order chi connectivity index (χ1) is 10.1. The molecule has 1 aromatic carbocycles. The maximum Gasteiger partial charge on any atom is 0.306 e. The van der Waals surface area contributed by atoms with Crippen LogP contribution in [0.25, 0.3) is 0 Å². The summed E-state index contributed by atoms with van der Waals surface area (Å²) in [6.07, 6.45) is 6.34. The molecule has 0 bridgehead atoms. The van der Waals surface area contributed by atoms with Crippen molar-refractivity contribution in [3.63, 3.8) is 0 Å². The number of carboxylic acids is 1. The average molecular weight is 291 g/mol. The molecular formula is C18H29NO2. The lowest BCUT2D eigenvalue weighted by Crippen LogP contribution is -2.27. The van der Waals surface area contributed by atoms with E-state index in [2.05, 4.69) is 42.6 Å². The Hall–Kier alpha value is -1.35. The molecule has 3 nitrogen and oxygen atoms in total. The van der Waals surface area contributed by atoms with E-state index in [0.717, 1.165) is 32.2 Å². The van der Waals surface area contributed by atoms with Crippen molar-refractivity contribution in [2.45, 2.75) is 58.4 Å². The van der Waals surface area contributed by atoms with Gasteiger partial charge >= 0.3 is 5.97 Å². The first-order valence-electron chi connectivity index (χ1n) is 8.09. The Morgan fingerprint density at radius 2 is 1.81 bits per heavy atom. The van der Waals surface area contributed by atoms with Crippen LogP contribution in [0.15, 0.2) is 30.3 Å². The number of rotatable bonds is 11. The van der Waals surface area contributed by atoms with Crippen LogP contribution in [0.3, 0.4) is 0 Å². The standard InChI is InChI=1S/C18H29NO2/c1-15(18(20)21)9-8-10-16(2)19-14-7-6-13-17-11-4-3-5-12-17/h3-5,11-12,15-16,19H,6-10,13-14H2,1-2H3,(H,20,21). The lowest BCUT2D eigenvalue weighted by atomic mass is 10.0. The van der Waals surface area contributed by atoms with Crippen LogP contribution in [0.2, 0.25) is 0 Å². The van der Waals surface area contributed by atoms with Crippen LogP contribution in [0, 0.1) is 5.92 Å². The zero-order valence-electron chi connectivity index (χ0n) is 13.3. The first kappa shape index (κ1) is 17.7. The number of carboxylic acid groups (broad SMARTS) is 1. The van der Waals surface area contributed by atoms with Crippen molar-refractivity contribution in [1.29, 1.82) is 0 Å². The van der Waals surface area contributed by atoms with E-state index in [1.807, 2.05) is 0 Å². The molecule has 2 unspecified atom stereocenters. The van der Waals surface area contributed by atoms with E-state index in [0.29, 0.717) is 6.04 Å². The van der Waals surface area contributed by atoms with Crippen molar-refractivity contribution < 1.29 is 9.90 Å². The third kappa shape index (κ3) is 8.51. The fourth-order valence-electron chi connectivity index (χ4n) is 2.40. The van der Waals surface area contributed by atoms with Gasteiger partial charge in [0.05, 0.1) is 5.92 Å². The zero-order chi connectivity index (χ0) is 15.5. The Bertz CT molecular complexity index is 391. The van der Waals surface area contributed by atoms with Crippen molar-refractivity contribution in [1.82, 2.24) is 5.32 Å². The molecule has 0 amide bonds. The molecule has 2 atom stereocenters. The largest absolute Gasteiger partial charge is 0.481 e. The van der Waals surface area contributed by atoms with E-state index in [9.17, 15) is 4.79 Å². The molecule has 0 radical (unpaired) electrons. The van der Waals surface area contributed by atoms with Crippen molar-refractivity contribution in [3.8, 4) is 0 Å². The van der Waals surface area contributed by atoms with Crippen LogP contribution in [0.5, 0.6) is 0 Å². The maximum atomic E-state index is 10.7. The second-order valence-electron chi connectivity index (χ2n) is 5.97. The van der Waals surface area contributed by atoms with Gasteiger partial charge in [-0.15, -0.1) is 0 Å². The Balaban J connectivity index is 1.98. The summed E-state index contributed by atoms with van der Waals surface area (Å²) in [5.74, 6) is -0.903. The summed E-state index contributed by atoms with van der Waals surface area (Å²) in [5.41, 5.74) is 1.41. The van der Waals surface area contributed by atoms with Gasteiger partial charge in [-0.3, -0.25) is 4.79 Å². The molecule has 0 aliphatic heterocycles. The van der Waals surface area contributed by atoms with Crippen molar-refractivity contribution >= 4 is 5.97 Å². The monoisotopic (exact) mass is 291 g/mol. The molecule has 1 aromatic rings. The van der Waals surface area contributed by atoms with E-state index in [4.69, 9.17) is 5.11 Å². The highest BCUT2D eigenvalue weighted by Crippen LogP contribution is 2.10. The van der Waals surface area contributed by atoms with Crippen LogP contribution in [-0.2, 0) is 11.2 Å². The van der Waals surface area contributed by atoms with Gasteiger partial charge in [0.25, 0.3) is 0 Å². The molecule has 0 heterocycles. The molecule has 0 saturated heterocycles. The molecule has 118 valence electrons. The molecule has 0 spiro atoms. The summed E-state index contributed by atoms with van der Waals surface area (Å²) in [7, 11) is 0. The first-order valence-corrected chi connectivity index (χ1v) is 8.09. The second kappa shape index (κ2) is 10.4. The minimum atomic E-state index is -0.684. The van der Waals surface area contributed by atoms with E-state index >= 15 is 0 Å². The summed E-state index contributed by atoms with van der Waals surface area (Å²) in [4.78, 5) is 10.7. The smallest absolute Gasteiger partial charge is 0.306 e. The number of hydrogen-bond acceptors (Lipinski definition) is 2. The van der Waals surface area contributed by atoms with Gasteiger partial charge in [-0.2, -0.15) is 0 Å². The van der Waals surface area contributed by atoms with Crippen LogP contribution >= 0.6 is 0 Å². The number of carbonyl (C=O) groups is 1. The van der Waals surface area contributed by atoms with E-state index in [1.54, 1.807) is 6.92 Å². The van der Waals surface area contributed by atoms with E-state index in [-0.39, 0.29) is 5.92 Å². The van der Waals surface area contributed by atoms with Crippen LogP contribution < -0.4 is 5.32 Å². The summed E-state index contributed by atoms with van der Waals surface area (Å²) < 4.78 is 0. The molecule has 21 heavy (non-hydrogen) atoms. The lowest BCUT2D eigenvalue weighted by Gasteiger charge is -2.14. The predicted octanol–water partition coefficient (Wildman–Crippen LogP) is 3.88. The molecule has 0 aliphatic rings. The minimum absolute atomic E-state index is 0.219. The summed E-state index contributed by atoms with van der Waals surface area (Å²) in [6.45, 7) is 5.01. The minimum Gasteiger partial charge on any atom is -0.481 e. The fourth-order valence-corrected chi connectivity index (χ4v) is 2.40. The van der Waals surface area contributed by atoms with E-state index in [1.165, 1.54) is 18.4 Å². The zero-order valence-corrected chi connectivity index (χ0v) is 13.3. The van der Waals surface area contributed by atoms with Crippen LogP contribution in [-0.4, -0.2) is 23.7 Å². The topological polar surface area (TPSA) is 49.3 Å². The van der Waals surface area contributed by atoms with Gasteiger partial charge in [-0.25, -0.2) is 0 Å². The lowest BCUT2D eigenvalue weighted by molar-refractivity contribution is -0.141. The van der Waals surface area contributed by atoms with Gasteiger partial charge in [0.2, 0.25) is 0 Å². The van der Waals surface area contributed by atoms with Crippen molar-refractivity contribution in [2.24, 2.45) is 5.92 Å². The maximum absolute atomic E-state index is 10.7. The molecule has 0 saturated carbocycles. The molecule has 0 fully saturated rings. The highest BCUT2D eigenvalue weighted by molar-refractivity contribution is 5.69. The Morgan fingerprint density at radius 1 is 1.10 bits per heavy atom. The van der Waals surface area contributed by atoms with Crippen LogP contribution in [0.4, 0.5) is 0 Å². The normalized spacial score (nSPS) is 13.8. The van der Waals surface area contributed by atoms with Gasteiger partial charge in [-0.1, -0.05) is 43.7 Å². The number of hydrogen-bond donors (Lipinski definition) is 2. The number of benzene rings is 1. The summed E-state index contributed by atoms with van der Waals surface area (Å²) >= 11 is 0. The van der Waals surface area contributed by atoms with Gasteiger partial charge < -0.3 is 10.4 Å². The van der Waals surface area contributed by atoms with Crippen LogP contribution in [0.1, 0.15) is 51.5 Å². The molecule has 3 heteroatoms. The Morgan fingerprint density at radius 3 is 2.48 bits per heavy atom. The molecule has 2 N–H and O–H groups in total. The third-order valence-corrected chi connectivity index (χ3v) is 3.92. The van der Waals surface area contributed by atoms with Crippen molar-refractivity contribution in [2.75, 3.05) is 6.54 Å². The highest BCUT2D eigenvalue weighted by Gasteiger charge is 2.10. The number of aliphatic carboxylic acids is 1. The van der Waals surface area contributed by atoms with Crippen molar-refractivity contribution in [3.05, 3.63) is 35.9 Å². The molecule has 1 rings (SSSR count). The van der Waals surface area contributed by atoms with E-state index < -0.39 is 5.97 Å². The van der Waals surface area contributed by atoms with Gasteiger partial charge in [0.1, 0.15) is 0 Å². The second-order valence-corrected chi connectivity index (χ2v) is 5.97. The molecule has 0 aliphatic carbocycles. The van der Waals surface area contributed by atoms with Gasteiger partial charge in [-0.05, 0) is 51.1 Å². The van der Waals surface area contributed by atoms with Gasteiger partial charge in [0.15, 0.2) is 0 Å². The summed E-state index contributed by atoms with van der Waals surface area (Å²) in [5, 5.41) is 12.4. The number of unbranched alkanes of at least 4 members (excludes halogenated alkanes) is 1. The predicted molar refractivity (Wildman–Crippen MR) is 87.5 cm³/mol. The fraction of sp³-hybridized carbons (Fsp3) is 0.611.